The number of hydrogen-bond acceptors (Lipinski definition) is 5. The summed E-state index contributed by atoms with van der Waals surface area (Å²) in [6, 6.07) is 0. The van der Waals surface area contributed by atoms with Crippen LogP contribution in [0.2, 0.25) is 0 Å². The van der Waals surface area contributed by atoms with Crippen molar-refractivity contribution in [1.82, 2.24) is 9.55 Å². The standard InChI is InChI=1S/C12H18N2O4S/c1-2-7-4-14(12(18)13-11(7)17)10-3-8(5-15)9(6-16)19-10/h4,8-10,15-16H,2-3,5-6H2,1H3,(H,13,17,18)/t8?,9-,10-/m1/s1. The summed E-state index contributed by atoms with van der Waals surface area (Å²) in [4.78, 5) is 25.7. The summed E-state index contributed by atoms with van der Waals surface area (Å²) in [5.41, 5.74) is -0.215. The van der Waals surface area contributed by atoms with Gasteiger partial charge >= 0.3 is 5.69 Å². The van der Waals surface area contributed by atoms with Gasteiger partial charge in [-0.3, -0.25) is 14.3 Å². The van der Waals surface area contributed by atoms with Crippen molar-refractivity contribution in [2.75, 3.05) is 13.2 Å². The van der Waals surface area contributed by atoms with E-state index >= 15 is 0 Å². The topological polar surface area (TPSA) is 95.3 Å². The Morgan fingerprint density at radius 3 is 2.68 bits per heavy atom. The van der Waals surface area contributed by atoms with Gasteiger partial charge in [0.05, 0.1) is 12.0 Å². The lowest BCUT2D eigenvalue weighted by molar-refractivity contribution is 0.187. The molecule has 3 atom stereocenters. The average Bonchev–Trinajstić information content (AvgIpc) is 2.82. The van der Waals surface area contributed by atoms with E-state index in [0.717, 1.165) is 0 Å². The summed E-state index contributed by atoms with van der Waals surface area (Å²) in [6.45, 7) is 1.83. The predicted molar refractivity (Wildman–Crippen MR) is 73.4 cm³/mol. The van der Waals surface area contributed by atoms with Crippen molar-refractivity contribution in [2.45, 2.75) is 30.4 Å². The van der Waals surface area contributed by atoms with Crippen molar-refractivity contribution < 1.29 is 10.2 Å². The van der Waals surface area contributed by atoms with Crippen LogP contribution in [0.4, 0.5) is 0 Å². The fraction of sp³-hybridized carbons (Fsp3) is 0.667. The van der Waals surface area contributed by atoms with E-state index in [0.29, 0.717) is 18.4 Å². The Morgan fingerprint density at radius 1 is 1.42 bits per heavy atom. The molecule has 19 heavy (non-hydrogen) atoms. The molecule has 1 fully saturated rings. The first kappa shape index (κ1) is 14.4. The molecule has 1 aliphatic heterocycles. The van der Waals surface area contributed by atoms with E-state index in [2.05, 4.69) is 4.98 Å². The Labute approximate surface area is 114 Å². The Bertz CT molecular complexity index is 541. The van der Waals surface area contributed by atoms with Crippen LogP contribution in [0.1, 0.15) is 24.3 Å². The van der Waals surface area contributed by atoms with E-state index in [4.69, 9.17) is 0 Å². The molecule has 1 aromatic rings. The SMILES string of the molecule is CCc1cn([C@H]2CC(CO)[C@@H](CO)S2)c(=O)[nH]c1=O. The number of rotatable bonds is 4. The molecular formula is C12H18N2O4S. The zero-order chi connectivity index (χ0) is 14.0. The highest BCUT2D eigenvalue weighted by Gasteiger charge is 2.35. The van der Waals surface area contributed by atoms with Crippen LogP contribution in [0.15, 0.2) is 15.8 Å². The first-order valence-electron chi connectivity index (χ1n) is 6.32. The van der Waals surface area contributed by atoms with Gasteiger partial charge in [-0.05, 0) is 18.8 Å². The van der Waals surface area contributed by atoms with Crippen LogP contribution < -0.4 is 11.2 Å². The molecule has 1 aromatic heterocycles. The van der Waals surface area contributed by atoms with Crippen LogP contribution in [-0.2, 0) is 6.42 Å². The summed E-state index contributed by atoms with van der Waals surface area (Å²) >= 11 is 1.47. The third kappa shape index (κ3) is 2.77. The molecule has 0 spiro atoms. The molecule has 1 saturated heterocycles. The molecule has 2 heterocycles. The van der Waals surface area contributed by atoms with Crippen molar-refractivity contribution in [1.29, 1.82) is 0 Å². The summed E-state index contributed by atoms with van der Waals surface area (Å²) in [6.07, 6.45) is 2.76. The summed E-state index contributed by atoms with van der Waals surface area (Å²) in [7, 11) is 0. The largest absolute Gasteiger partial charge is 0.396 e. The number of hydrogen-bond donors (Lipinski definition) is 3. The van der Waals surface area contributed by atoms with Crippen molar-refractivity contribution >= 4 is 11.8 Å². The number of H-pyrrole nitrogens is 1. The van der Waals surface area contributed by atoms with E-state index in [1.807, 2.05) is 6.92 Å². The van der Waals surface area contributed by atoms with Gasteiger partial charge in [0.1, 0.15) is 0 Å². The minimum absolute atomic E-state index is 0.00648. The van der Waals surface area contributed by atoms with E-state index in [1.54, 1.807) is 6.20 Å². The lowest BCUT2D eigenvalue weighted by Gasteiger charge is -2.13. The van der Waals surface area contributed by atoms with E-state index in [-0.39, 0.29) is 35.3 Å². The molecule has 106 valence electrons. The normalized spacial score (nSPS) is 26.8. The van der Waals surface area contributed by atoms with Crippen LogP contribution >= 0.6 is 11.8 Å². The van der Waals surface area contributed by atoms with E-state index in [1.165, 1.54) is 16.3 Å². The molecule has 0 aromatic carbocycles. The smallest absolute Gasteiger partial charge is 0.329 e. The summed E-state index contributed by atoms with van der Waals surface area (Å²) in [5.74, 6) is -0.0242. The second-order valence-corrected chi connectivity index (χ2v) is 6.09. The van der Waals surface area contributed by atoms with E-state index < -0.39 is 5.69 Å². The van der Waals surface area contributed by atoms with Crippen molar-refractivity contribution in [3.05, 3.63) is 32.6 Å². The Kier molecular flexibility index (Phi) is 4.49. The molecular weight excluding hydrogens is 268 g/mol. The number of aromatic nitrogens is 2. The molecule has 1 unspecified atom stereocenters. The third-order valence-corrected chi connectivity index (χ3v) is 5.13. The van der Waals surface area contributed by atoms with Crippen molar-refractivity contribution in [3.63, 3.8) is 0 Å². The monoisotopic (exact) mass is 286 g/mol. The zero-order valence-corrected chi connectivity index (χ0v) is 11.5. The Balaban J connectivity index is 2.33. The van der Waals surface area contributed by atoms with Crippen LogP contribution in [0, 0.1) is 5.92 Å². The molecule has 0 bridgehead atoms. The number of nitrogens with zero attached hydrogens (tertiary/aromatic N) is 1. The fourth-order valence-corrected chi connectivity index (χ4v) is 3.89. The van der Waals surface area contributed by atoms with Crippen LogP contribution in [0.5, 0.6) is 0 Å². The molecule has 0 saturated carbocycles. The van der Waals surface area contributed by atoms with Gasteiger partial charge in [0, 0.05) is 23.6 Å². The first-order valence-corrected chi connectivity index (χ1v) is 7.26. The number of aromatic amines is 1. The summed E-state index contributed by atoms with van der Waals surface area (Å²) < 4.78 is 1.50. The molecule has 6 nitrogen and oxygen atoms in total. The molecule has 0 radical (unpaired) electrons. The van der Waals surface area contributed by atoms with Gasteiger partial charge in [0.2, 0.25) is 0 Å². The predicted octanol–water partition coefficient (Wildman–Crippen LogP) is -0.296. The Morgan fingerprint density at radius 2 is 2.16 bits per heavy atom. The molecule has 0 amide bonds. The number of aryl methyl sites for hydroxylation is 1. The van der Waals surface area contributed by atoms with Gasteiger partial charge in [-0.25, -0.2) is 4.79 Å². The van der Waals surface area contributed by atoms with Gasteiger partial charge in [0.25, 0.3) is 5.56 Å². The highest BCUT2D eigenvalue weighted by molar-refractivity contribution is 8.00. The maximum atomic E-state index is 11.9. The highest BCUT2D eigenvalue weighted by Crippen LogP contribution is 2.44. The molecule has 2 rings (SSSR count). The van der Waals surface area contributed by atoms with Crippen molar-refractivity contribution in [3.8, 4) is 0 Å². The number of nitrogens with one attached hydrogen (secondary N) is 1. The quantitative estimate of drug-likeness (QED) is 0.706. The van der Waals surface area contributed by atoms with Gasteiger partial charge in [-0.1, -0.05) is 6.92 Å². The second-order valence-electron chi connectivity index (χ2n) is 4.66. The molecule has 1 aliphatic rings. The Hall–Kier alpha value is -1.05. The highest BCUT2D eigenvalue weighted by atomic mass is 32.2. The fourth-order valence-electron chi connectivity index (χ4n) is 2.34. The van der Waals surface area contributed by atoms with E-state index in [9.17, 15) is 19.8 Å². The van der Waals surface area contributed by atoms with Crippen molar-refractivity contribution in [2.24, 2.45) is 5.92 Å². The van der Waals surface area contributed by atoms with Crippen LogP contribution in [-0.4, -0.2) is 38.2 Å². The number of aliphatic hydroxyl groups is 2. The summed E-state index contributed by atoms with van der Waals surface area (Å²) in [5, 5.41) is 18.3. The number of thioether (sulfide) groups is 1. The molecule has 7 heteroatoms. The van der Waals surface area contributed by atoms with Gasteiger partial charge in [-0.2, -0.15) is 0 Å². The minimum atomic E-state index is -0.435. The maximum Gasteiger partial charge on any atom is 0.329 e. The van der Waals surface area contributed by atoms with Crippen LogP contribution in [0.3, 0.4) is 0 Å². The minimum Gasteiger partial charge on any atom is -0.396 e. The van der Waals surface area contributed by atoms with Gasteiger partial charge in [-0.15, -0.1) is 11.8 Å². The number of aliphatic hydroxyl groups excluding tert-OH is 2. The lowest BCUT2D eigenvalue weighted by Crippen LogP contribution is -2.32. The zero-order valence-electron chi connectivity index (χ0n) is 10.7. The second kappa shape index (κ2) is 5.94. The van der Waals surface area contributed by atoms with Crippen LogP contribution in [0.25, 0.3) is 0 Å². The average molecular weight is 286 g/mol. The molecule has 0 aliphatic carbocycles. The third-order valence-electron chi connectivity index (χ3n) is 3.51. The lowest BCUT2D eigenvalue weighted by atomic mass is 10.0. The maximum absolute atomic E-state index is 11.9. The van der Waals surface area contributed by atoms with Gasteiger partial charge in [0.15, 0.2) is 0 Å². The van der Waals surface area contributed by atoms with Gasteiger partial charge < -0.3 is 10.2 Å². The first-order chi connectivity index (χ1) is 9.10. The molecule has 3 N–H and O–H groups in total.